The zero-order chi connectivity index (χ0) is 9.31. The van der Waals surface area contributed by atoms with Gasteiger partial charge in [-0.15, -0.1) is 0 Å². The summed E-state index contributed by atoms with van der Waals surface area (Å²) in [6.45, 7) is 3.02. The molecule has 72 valence electrons. The summed E-state index contributed by atoms with van der Waals surface area (Å²) >= 11 is 1.79. The van der Waals surface area contributed by atoms with Gasteiger partial charge < -0.3 is 9.67 Å². The summed E-state index contributed by atoms with van der Waals surface area (Å²) in [6.07, 6.45) is 4.46. The molecule has 1 aliphatic heterocycles. The predicted molar refractivity (Wildman–Crippen MR) is 53.9 cm³/mol. The molecule has 0 spiro atoms. The molecule has 0 radical (unpaired) electrons. The van der Waals surface area contributed by atoms with E-state index in [1.165, 1.54) is 0 Å². The van der Waals surface area contributed by atoms with Crippen molar-refractivity contribution in [3.63, 3.8) is 0 Å². The lowest BCUT2D eigenvalue weighted by Crippen LogP contribution is -2.45. The van der Waals surface area contributed by atoms with Crippen LogP contribution in [0.2, 0.25) is 0 Å². The Morgan fingerprint density at radius 1 is 1.69 bits per heavy atom. The molecule has 1 saturated heterocycles. The van der Waals surface area contributed by atoms with Crippen molar-refractivity contribution in [1.82, 2.24) is 9.55 Å². The molecule has 0 amide bonds. The Balaban J connectivity index is 2.08. The number of aliphatic hydroxyl groups is 1. The molecule has 0 atom stereocenters. The maximum atomic E-state index is 9.93. The maximum Gasteiger partial charge on any atom is 0.111 e. The highest BCUT2D eigenvalue weighted by atomic mass is 32.2. The molecule has 2 rings (SSSR count). The molecular formula is C9H14N2OS. The third kappa shape index (κ3) is 1.74. The molecule has 0 aromatic carbocycles. The van der Waals surface area contributed by atoms with Crippen molar-refractivity contribution in [2.75, 3.05) is 11.5 Å². The first-order valence-corrected chi connectivity index (χ1v) is 5.69. The largest absolute Gasteiger partial charge is 0.388 e. The molecule has 1 aromatic rings. The van der Waals surface area contributed by atoms with Gasteiger partial charge in [-0.3, -0.25) is 0 Å². The summed E-state index contributed by atoms with van der Waals surface area (Å²) in [7, 11) is 0. The first-order valence-electron chi connectivity index (χ1n) is 4.54. The first kappa shape index (κ1) is 9.09. The van der Waals surface area contributed by atoms with Crippen molar-refractivity contribution >= 4 is 11.8 Å². The van der Waals surface area contributed by atoms with Crippen molar-refractivity contribution < 1.29 is 5.11 Å². The van der Waals surface area contributed by atoms with Gasteiger partial charge in [-0.2, -0.15) is 11.8 Å². The average Bonchev–Trinajstić information content (AvgIpc) is 2.49. The topological polar surface area (TPSA) is 38.0 Å². The zero-order valence-corrected chi connectivity index (χ0v) is 8.55. The predicted octanol–water partition coefficient (Wildman–Crippen LogP) is 0.923. The second kappa shape index (κ2) is 3.35. The Hall–Kier alpha value is -0.480. The second-order valence-electron chi connectivity index (χ2n) is 3.52. The SMILES string of the molecule is CCn1ccnc1CC1(O)CSC1. The Morgan fingerprint density at radius 3 is 3.00 bits per heavy atom. The lowest BCUT2D eigenvalue weighted by atomic mass is 10.0. The smallest absolute Gasteiger partial charge is 0.111 e. The van der Waals surface area contributed by atoms with Gasteiger partial charge in [0.15, 0.2) is 0 Å². The van der Waals surface area contributed by atoms with Crippen LogP contribution in [0.4, 0.5) is 0 Å². The summed E-state index contributed by atoms with van der Waals surface area (Å²) in [5.41, 5.74) is -0.483. The Bertz CT molecular complexity index is 294. The number of aryl methyl sites for hydroxylation is 1. The van der Waals surface area contributed by atoms with E-state index in [0.29, 0.717) is 6.42 Å². The number of hydrogen-bond acceptors (Lipinski definition) is 3. The van der Waals surface area contributed by atoms with Gasteiger partial charge in [0.05, 0.1) is 5.60 Å². The normalized spacial score (nSPS) is 19.8. The fourth-order valence-electron chi connectivity index (χ4n) is 1.53. The second-order valence-corrected chi connectivity index (χ2v) is 4.51. The quantitative estimate of drug-likeness (QED) is 0.785. The molecule has 0 unspecified atom stereocenters. The summed E-state index contributed by atoms with van der Waals surface area (Å²) in [5, 5.41) is 9.93. The Labute approximate surface area is 82.2 Å². The number of aromatic nitrogens is 2. The highest BCUT2D eigenvalue weighted by Gasteiger charge is 2.36. The van der Waals surface area contributed by atoms with Gasteiger partial charge in [-0.05, 0) is 6.92 Å². The van der Waals surface area contributed by atoms with E-state index in [0.717, 1.165) is 23.9 Å². The third-order valence-electron chi connectivity index (χ3n) is 2.37. The van der Waals surface area contributed by atoms with E-state index in [9.17, 15) is 5.11 Å². The van der Waals surface area contributed by atoms with E-state index >= 15 is 0 Å². The molecule has 13 heavy (non-hydrogen) atoms. The van der Waals surface area contributed by atoms with Gasteiger partial charge in [0.2, 0.25) is 0 Å². The van der Waals surface area contributed by atoms with E-state index in [4.69, 9.17) is 0 Å². The average molecular weight is 198 g/mol. The van der Waals surface area contributed by atoms with Crippen molar-refractivity contribution in [3.05, 3.63) is 18.2 Å². The van der Waals surface area contributed by atoms with Crippen molar-refractivity contribution in [3.8, 4) is 0 Å². The van der Waals surface area contributed by atoms with E-state index in [1.807, 2.05) is 6.20 Å². The van der Waals surface area contributed by atoms with Crippen molar-refractivity contribution in [1.29, 1.82) is 0 Å². The highest BCUT2D eigenvalue weighted by Crippen LogP contribution is 2.31. The number of rotatable bonds is 3. The van der Waals surface area contributed by atoms with E-state index in [2.05, 4.69) is 16.5 Å². The minimum absolute atomic E-state index is 0.483. The molecule has 0 saturated carbocycles. The summed E-state index contributed by atoms with van der Waals surface area (Å²) in [5.74, 6) is 2.71. The molecule has 1 aromatic heterocycles. The zero-order valence-electron chi connectivity index (χ0n) is 7.73. The van der Waals surface area contributed by atoms with Crippen LogP contribution in [-0.4, -0.2) is 31.8 Å². The lowest BCUT2D eigenvalue weighted by Gasteiger charge is -2.35. The molecule has 1 N–H and O–H groups in total. The summed E-state index contributed by atoms with van der Waals surface area (Å²) in [6, 6.07) is 0. The van der Waals surface area contributed by atoms with Gasteiger partial charge in [0.1, 0.15) is 5.82 Å². The number of hydrogen-bond donors (Lipinski definition) is 1. The van der Waals surface area contributed by atoms with Crippen LogP contribution < -0.4 is 0 Å². The maximum absolute atomic E-state index is 9.93. The molecule has 2 heterocycles. The van der Waals surface area contributed by atoms with Crippen LogP contribution in [-0.2, 0) is 13.0 Å². The van der Waals surface area contributed by atoms with Crippen molar-refractivity contribution in [2.45, 2.75) is 25.5 Å². The molecule has 4 heteroatoms. The molecule has 1 aliphatic rings. The summed E-state index contributed by atoms with van der Waals surface area (Å²) < 4.78 is 2.08. The van der Waals surface area contributed by atoms with Crippen LogP contribution in [0.15, 0.2) is 12.4 Å². The van der Waals surface area contributed by atoms with E-state index < -0.39 is 5.60 Å². The van der Waals surface area contributed by atoms with Crippen LogP contribution in [0, 0.1) is 0 Å². The van der Waals surface area contributed by atoms with Crippen LogP contribution in [0.25, 0.3) is 0 Å². The standard InChI is InChI=1S/C9H14N2OS/c1-2-11-4-3-10-8(11)5-9(12)6-13-7-9/h3-4,12H,2,5-7H2,1H3. The summed E-state index contributed by atoms with van der Waals surface area (Å²) in [4.78, 5) is 4.25. The number of nitrogens with zero attached hydrogens (tertiary/aromatic N) is 2. The minimum Gasteiger partial charge on any atom is -0.388 e. The van der Waals surface area contributed by atoms with Gasteiger partial charge in [-0.25, -0.2) is 4.98 Å². The molecule has 0 bridgehead atoms. The Kier molecular flexibility index (Phi) is 2.34. The molecule has 1 fully saturated rings. The van der Waals surface area contributed by atoms with E-state index in [-0.39, 0.29) is 0 Å². The fraction of sp³-hybridized carbons (Fsp3) is 0.667. The third-order valence-corrected chi connectivity index (χ3v) is 3.85. The molecule has 3 nitrogen and oxygen atoms in total. The van der Waals surface area contributed by atoms with Gasteiger partial charge >= 0.3 is 0 Å². The first-order chi connectivity index (χ1) is 6.23. The van der Waals surface area contributed by atoms with Gasteiger partial charge in [-0.1, -0.05) is 0 Å². The molecular weight excluding hydrogens is 184 g/mol. The van der Waals surface area contributed by atoms with Crippen LogP contribution in [0.5, 0.6) is 0 Å². The Morgan fingerprint density at radius 2 is 2.46 bits per heavy atom. The van der Waals surface area contributed by atoms with Crippen LogP contribution >= 0.6 is 11.8 Å². The van der Waals surface area contributed by atoms with Crippen LogP contribution in [0.1, 0.15) is 12.7 Å². The van der Waals surface area contributed by atoms with E-state index in [1.54, 1.807) is 18.0 Å². The number of thioether (sulfide) groups is 1. The highest BCUT2D eigenvalue weighted by molar-refractivity contribution is 8.00. The minimum atomic E-state index is -0.483. The fourth-order valence-corrected chi connectivity index (χ4v) is 2.41. The van der Waals surface area contributed by atoms with Crippen molar-refractivity contribution in [2.24, 2.45) is 0 Å². The molecule has 0 aliphatic carbocycles. The van der Waals surface area contributed by atoms with Gasteiger partial charge in [0, 0.05) is 36.9 Å². The van der Waals surface area contributed by atoms with Crippen LogP contribution in [0.3, 0.4) is 0 Å². The lowest BCUT2D eigenvalue weighted by molar-refractivity contribution is 0.0762. The number of imidazole rings is 1. The monoisotopic (exact) mass is 198 g/mol. The van der Waals surface area contributed by atoms with Gasteiger partial charge in [0.25, 0.3) is 0 Å².